The number of aliphatic carboxylic acids is 1. The summed E-state index contributed by atoms with van der Waals surface area (Å²) >= 11 is 3.39. The number of carbonyl (C=O) groups is 2. The van der Waals surface area contributed by atoms with Gasteiger partial charge >= 0.3 is 6.09 Å². The van der Waals surface area contributed by atoms with Gasteiger partial charge in [0, 0.05) is 11.0 Å². The Morgan fingerprint density at radius 2 is 1.91 bits per heavy atom. The largest absolute Gasteiger partial charge is 0.548 e. The fourth-order valence-corrected chi connectivity index (χ4v) is 3.03. The Morgan fingerprint density at radius 1 is 1.30 bits per heavy atom. The van der Waals surface area contributed by atoms with Crippen molar-refractivity contribution in [3.05, 3.63) is 34.3 Å². The quantitative estimate of drug-likeness (QED) is 0.804. The van der Waals surface area contributed by atoms with Crippen LogP contribution in [0.1, 0.15) is 32.8 Å². The first-order chi connectivity index (χ1) is 10.7. The number of halogens is 1. The van der Waals surface area contributed by atoms with E-state index in [9.17, 15) is 14.7 Å². The molecule has 0 saturated carbocycles. The molecule has 1 aromatic carbocycles. The minimum Gasteiger partial charge on any atom is -0.548 e. The Balaban J connectivity index is 2.06. The van der Waals surface area contributed by atoms with Crippen molar-refractivity contribution in [1.82, 2.24) is 4.90 Å². The van der Waals surface area contributed by atoms with Crippen molar-refractivity contribution in [2.45, 2.75) is 45.3 Å². The molecule has 1 heterocycles. The Hall–Kier alpha value is -1.56. The van der Waals surface area contributed by atoms with E-state index < -0.39 is 23.7 Å². The van der Waals surface area contributed by atoms with Crippen LogP contribution in [0, 0.1) is 5.92 Å². The van der Waals surface area contributed by atoms with Gasteiger partial charge in [-0.2, -0.15) is 0 Å². The summed E-state index contributed by atoms with van der Waals surface area (Å²) in [6, 6.07) is 6.96. The first kappa shape index (κ1) is 17.8. The lowest BCUT2D eigenvalue weighted by atomic mass is 9.97. The number of benzene rings is 1. The highest BCUT2D eigenvalue weighted by atomic mass is 79.9. The van der Waals surface area contributed by atoms with Gasteiger partial charge in [0.05, 0.1) is 12.0 Å². The zero-order valence-electron chi connectivity index (χ0n) is 13.5. The van der Waals surface area contributed by atoms with Crippen molar-refractivity contribution in [1.29, 1.82) is 0 Å². The Kier molecular flexibility index (Phi) is 5.34. The summed E-state index contributed by atoms with van der Waals surface area (Å²) < 4.78 is 6.30. The molecule has 1 aliphatic rings. The third kappa shape index (κ3) is 4.96. The van der Waals surface area contributed by atoms with Crippen LogP contribution in [0.3, 0.4) is 0 Å². The van der Waals surface area contributed by atoms with Crippen LogP contribution >= 0.6 is 15.9 Å². The second-order valence-corrected chi connectivity index (χ2v) is 7.82. The zero-order valence-corrected chi connectivity index (χ0v) is 15.1. The number of rotatable bonds is 3. The molecule has 0 aromatic heterocycles. The van der Waals surface area contributed by atoms with Crippen LogP contribution in [0.2, 0.25) is 0 Å². The predicted octanol–water partition coefficient (Wildman–Crippen LogP) is 2.37. The van der Waals surface area contributed by atoms with Crippen molar-refractivity contribution >= 4 is 28.0 Å². The SMILES string of the molecule is CC(C)(C)OC(=O)N1C[C@H](Cc2ccc(Br)cc2)C[C@H]1C(=O)[O-]. The van der Waals surface area contributed by atoms with Crippen LogP contribution in [0.25, 0.3) is 0 Å². The van der Waals surface area contributed by atoms with E-state index >= 15 is 0 Å². The molecule has 1 aliphatic heterocycles. The second kappa shape index (κ2) is 6.91. The number of ether oxygens (including phenoxy) is 1. The fraction of sp³-hybridized carbons (Fsp3) is 0.529. The Bertz CT molecular complexity index is 579. The molecule has 0 radical (unpaired) electrons. The molecule has 5 nitrogen and oxygen atoms in total. The van der Waals surface area contributed by atoms with E-state index in [1.165, 1.54) is 4.90 Å². The standard InChI is InChI=1S/C17H22BrNO4/c1-17(2,3)23-16(22)19-10-12(9-14(19)15(20)21)8-11-4-6-13(18)7-5-11/h4-7,12,14H,8-10H2,1-3H3,(H,20,21)/p-1/t12-,14+/m1/s1. The lowest BCUT2D eigenvalue weighted by Gasteiger charge is -2.28. The van der Waals surface area contributed by atoms with Gasteiger partial charge in [0.15, 0.2) is 0 Å². The number of carboxylic acids is 1. The number of hydrogen-bond acceptors (Lipinski definition) is 4. The summed E-state index contributed by atoms with van der Waals surface area (Å²) in [7, 11) is 0. The van der Waals surface area contributed by atoms with Crippen molar-refractivity contribution in [2.75, 3.05) is 6.54 Å². The fourth-order valence-electron chi connectivity index (χ4n) is 2.77. The predicted molar refractivity (Wildman–Crippen MR) is 87.7 cm³/mol. The van der Waals surface area contributed by atoms with E-state index in [-0.39, 0.29) is 5.92 Å². The molecule has 1 fully saturated rings. The van der Waals surface area contributed by atoms with Crippen LogP contribution < -0.4 is 5.11 Å². The summed E-state index contributed by atoms with van der Waals surface area (Å²) in [4.78, 5) is 24.9. The lowest BCUT2D eigenvalue weighted by molar-refractivity contribution is -0.310. The van der Waals surface area contributed by atoms with Crippen LogP contribution in [-0.2, 0) is 16.0 Å². The molecule has 23 heavy (non-hydrogen) atoms. The minimum absolute atomic E-state index is 0.0755. The van der Waals surface area contributed by atoms with Gasteiger partial charge in [-0.05, 0) is 57.2 Å². The maximum absolute atomic E-state index is 12.2. The topological polar surface area (TPSA) is 69.7 Å². The third-order valence-corrected chi connectivity index (χ3v) is 4.25. The number of likely N-dealkylation sites (tertiary alicyclic amines) is 1. The molecule has 0 N–H and O–H groups in total. The van der Waals surface area contributed by atoms with Gasteiger partial charge in [-0.15, -0.1) is 0 Å². The molecule has 0 bridgehead atoms. The van der Waals surface area contributed by atoms with Crippen molar-refractivity contribution < 1.29 is 19.4 Å². The number of carboxylic acid groups (broad SMARTS) is 1. The molecule has 1 amide bonds. The summed E-state index contributed by atoms with van der Waals surface area (Å²) in [6.45, 7) is 5.64. The lowest BCUT2D eigenvalue weighted by Crippen LogP contribution is -2.48. The van der Waals surface area contributed by atoms with Gasteiger partial charge in [-0.25, -0.2) is 4.79 Å². The molecular formula is C17H21BrNO4-. The van der Waals surface area contributed by atoms with E-state index in [1.54, 1.807) is 20.8 Å². The highest BCUT2D eigenvalue weighted by Gasteiger charge is 2.38. The van der Waals surface area contributed by atoms with E-state index in [2.05, 4.69) is 15.9 Å². The molecule has 0 spiro atoms. The van der Waals surface area contributed by atoms with E-state index in [0.717, 1.165) is 16.5 Å². The van der Waals surface area contributed by atoms with E-state index in [1.807, 2.05) is 24.3 Å². The zero-order chi connectivity index (χ0) is 17.2. The molecule has 126 valence electrons. The van der Waals surface area contributed by atoms with Crippen molar-refractivity contribution in [3.8, 4) is 0 Å². The van der Waals surface area contributed by atoms with Gasteiger partial charge in [0.25, 0.3) is 0 Å². The first-order valence-corrected chi connectivity index (χ1v) is 8.40. The second-order valence-electron chi connectivity index (χ2n) is 6.90. The molecule has 0 unspecified atom stereocenters. The molecule has 2 atom stereocenters. The molecule has 2 rings (SSSR count). The smallest absolute Gasteiger partial charge is 0.410 e. The summed E-state index contributed by atoms with van der Waals surface area (Å²) in [6.07, 6.45) is 0.513. The van der Waals surface area contributed by atoms with E-state index in [4.69, 9.17) is 4.74 Å². The molecule has 6 heteroatoms. The minimum atomic E-state index is -1.23. The highest BCUT2D eigenvalue weighted by Crippen LogP contribution is 2.28. The summed E-state index contributed by atoms with van der Waals surface area (Å²) in [5.74, 6) is -1.15. The van der Waals surface area contributed by atoms with Gasteiger partial charge < -0.3 is 14.6 Å². The molecular weight excluding hydrogens is 362 g/mol. The third-order valence-electron chi connectivity index (χ3n) is 3.73. The number of hydrogen-bond donors (Lipinski definition) is 0. The Labute approximate surface area is 144 Å². The normalized spacial score (nSPS) is 21.3. The molecule has 1 aromatic rings. The monoisotopic (exact) mass is 382 g/mol. The maximum atomic E-state index is 12.2. The number of carbonyl (C=O) groups excluding carboxylic acids is 2. The summed E-state index contributed by atoms with van der Waals surface area (Å²) in [5.41, 5.74) is 0.457. The average Bonchev–Trinajstić information content (AvgIpc) is 2.84. The Morgan fingerprint density at radius 3 is 2.43 bits per heavy atom. The van der Waals surface area contributed by atoms with Gasteiger partial charge in [-0.1, -0.05) is 28.1 Å². The number of amides is 1. The van der Waals surface area contributed by atoms with Gasteiger partial charge in [0.2, 0.25) is 0 Å². The van der Waals surface area contributed by atoms with Crippen molar-refractivity contribution in [2.24, 2.45) is 5.92 Å². The van der Waals surface area contributed by atoms with Crippen LogP contribution in [0.5, 0.6) is 0 Å². The average molecular weight is 383 g/mol. The van der Waals surface area contributed by atoms with E-state index in [0.29, 0.717) is 13.0 Å². The van der Waals surface area contributed by atoms with Crippen molar-refractivity contribution in [3.63, 3.8) is 0 Å². The van der Waals surface area contributed by atoms with Crippen LogP contribution in [-0.4, -0.2) is 35.2 Å². The molecule has 1 saturated heterocycles. The first-order valence-electron chi connectivity index (χ1n) is 7.60. The van der Waals surface area contributed by atoms with Crippen LogP contribution in [0.15, 0.2) is 28.7 Å². The number of nitrogens with zero attached hydrogens (tertiary/aromatic N) is 1. The van der Waals surface area contributed by atoms with Gasteiger partial charge in [0.1, 0.15) is 5.60 Å². The highest BCUT2D eigenvalue weighted by molar-refractivity contribution is 9.10. The van der Waals surface area contributed by atoms with Gasteiger partial charge in [-0.3, -0.25) is 4.90 Å². The summed E-state index contributed by atoms with van der Waals surface area (Å²) in [5, 5.41) is 11.4. The molecule has 0 aliphatic carbocycles. The maximum Gasteiger partial charge on any atom is 0.410 e. The van der Waals surface area contributed by atoms with Crippen LogP contribution in [0.4, 0.5) is 4.79 Å².